The Kier molecular flexibility index (Phi) is 1.84. The fourth-order valence-electron chi connectivity index (χ4n) is 0.458. The Morgan fingerprint density at radius 2 is 1.67 bits per heavy atom. The van der Waals surface area contributed by atoms with Crippen LogP contribution in [-0.2, 0) is 0 Å². The van der Waals surface area contributed by atoms with Crippen molar-refractivity contribution in [2.75, 3.05) is 5.73 Å². The zero-order valence-corrected chi connectivity index (χ0v) is 6.00. The van der Waals surface area contributed by atoms with Crippen molar-refractivity contribution in [1.82, 2.24) is 0 Å². The second kappa shape index (κ2) is 2.46. The maximum Gasteiger partial charge on any atom is 0.0693 e. The highest BCUT2D eigenvalue weighted by molar-refractivity contribution is 6.38. The smallest absolute Gasteiger partial charge is 0.0693 e. The number of halogens is 2. The monoisotopic (exact) mass is 160 g/mol. The maximum atomic E-state index is 5.57. The summed E-state index contributed by atoms with van der Waals surface area (Å²) in [4.78, 5) is 0. The molecule has 0 spiro atoms. The molecule has 0 bridgehead atoms. The molecule has 3 heteroatoms. The third kappa shape index (κ3) is 1.29. The van der Waals surface area contributed by atoms with Crippen LogP contribution in [0.2, 0.25) is 10.0 Å². The number of benzene rings is 1. The fraction of sp³-hybridized carbons (Fsp3) is 0. The van der Waals surface area contributed by atoms with Crippen molar-refractivity contribution in [1.29, 1.82) is 0 Å². The van der Waals surface area contributed by atoms with E-state index in [4.69, 9.17) is 28.9 Å². The molecule has 9 heavy (non-hydrogen) atoms. The third-order valence-electron chi connectivity index (χ3n) is 0.935. The minimum Gasteiger partial charge on any atom is -0.396 e. The highest BCUT2D eigenvalue weighted by Crippen LogP contribution is 2.25. The van der Waals surface area contributed by atoms with Gasteiger partial charge in [-0.25, -0.2) is 0 Å². The molecule has 0 saturated heterocycles. The van der Waals surface area contributed by atoms with Gasteiger partial charge in [-0.1, -0.05) is 23.2 Å². The van der Waals surface area contributed by atoms with Gasteiger partial charge in [-0.3, -0.25) is 0 Å². The van der Waals surface area contributed by atoms with E-state index in [1.807, 2.05) is 0 Å². The Hall–Kier alpha value is -0.400. The lowest BCUT2D eigenvalue weighted by molar-refractivity contribution is 1.67. The normalized spacial score (nSPS) is 9.56. The largest absolute Gasteiger partial charge is 0.396 e. The van der Waals surface area contributed by atoms with Crippen LogP contribution in [0, 0.1) is 6.07 Å². The first kappa shape index (κ1) is 6.72. The summed E-state index contributed by atoms with van der Waals surface area (Å²) < 4.78 is 0. The van der Waals surface area contributed by atoms with Crippen LogP contribution in [0.5, 0.6) is 0 Å². The maximum absolute atomic E-state index is 5.57. The van der Waals surface area contributed by atoms with Gasteiger partial charge < -0.3 is 5.73 Å². The van der Waals surface area contributed by atoms with E-state index < -0.39 is 0 Å². The SMILES string of the molecule is Nc1c(Cl)c[c]cc1Cl. The molecule has 0 saturated carbocycles. The lowest BCUT2D eigenvalue weighted by Crippen LogP contribution is -1.85. The van der Waals surface area contributed by atoms with Crippen LogP contribution in [-0.4, -0.2) is 0 Å². The molecule has 0 heterocycles. The highest BCUT2D eigenvalue weighted by Gasteiger charge is 1.97. The lowest BCUT2D eigenvalue weighted by Gasteiger charge is -1.96. The third-order valence-corrected chi connectivity index (χ3v) is 1.56. The lowest BCUT2D eigenvalue weighted by atomic mass is 10.3. The van der Waals surface area contributed by atoms with Crippen molar-refractivity contribution in [3.05, 3.63) is 28.2 Å². The van der Waals surface area contributed by atoms with E-state index in [-0.39, 0.29) is 0 Å². The van der Waals surface area contributed by atoms with Crippen molar-refractivity contribution < 1.29 is 0 Å². The van der Waals surface area contributed by atoms with Gasteiger partial charge in [-0.05, 0) is 18.2 Å². The first-order valence-electron chi connectivity index (χ1n) is 2.32. The zero-order chi connectivity index (χ0) is 6.85. The highest BCUT2D eigenvalue weighted by atomic mass is 35.5. The molecule has 1 nitrogen and oxygen atoms in total. The quantitative estimate of drug-likeness (QED) is 0.580. The van der Waals surface area contributed by atoms with E-state index in [0.29, 0.717) is 15.7 Å². The summed E-state index contributed by atoms with van der Waals surface area (Å²) in [6.45, 7) is 0. The van der Waals surface area contributed by atoms with Crippen LogP contribution < -0.4 is 5.73 Å². The van der Waals surface area contributed by atoms with Gasteiger partial charge in [0, 0.05) is 0 Å². The van der Waals surface area contributed by atoms with Gasteiger partial charge in [0.2, 0.25) is 0 Å². The van der Waals surface area contributed by atoms with Gasteiger partial charge >= 0.3 is 0 Å². The first-order chi connectivity index (χ1) is 4.22. The van der Waals surface area contributed by atoms with E-state index in [0.717, 1.165) is 0 Å². The number of nitrogens with two attached hydrogens (primary N) is 1. The van der Waals surface area contributed by atoms with Crippen LogP contribution in [0.1, 0.15) is 0 Å². The van der Waals surface area contributed by atoms with Crippen LogP contribution in [0.3, 0.4) is 0 Å². The number of hydrogen-bond acceptors (Lipinski definition) is 1. The topological polar surface area (TPSA) is 26.0 Å². The predicted octanol–water partition coefficient (Wildman–Crippen LogP) is 2.38. The second-order valence-corrected chi connectivity index (χ2v) is 2.38. The minimum absolute atomic E-state index is 0.414. The molecule has 0 atom stereocenters. The number of rotatable bonds is 0. The van der Waals surface area contributed by atoms with Crippen molar-refractivity contribution >= 4 is 28.9 Å². The average Bonchev–Trinajstić information content (AvgIpc) is 1.83. The fourth-order valence-corrected chi connectivity index (χ4v) is 0.836. The van der Waals surface area contributed by atoms with Crippen molar-refractivity contribution in [2.24, 2.45) is 0 Å². The Labute approximate surface area is 63.4 Å². The minimum atomic E-state index is 0.414. The zero-order valence-electron chi connectivity index (χ0n) is 4.49. The van der Waals surface area contributed by atoms with Gasteiger partial charge in [0.15, 0.2) is 0 Å². The van der Waals surface area contributed by atoms with Crippen LogP contribution in [0.15, 0.2) is 12.1 Å². The molecule has 1 aromatic rings. The molecule has 47 valence electrons. The van der Waals surface area contributed by atoms with E-state index in [2.05, 4.69) is 6.07 Å². The molecule has 0 aliphatic rings. The van der Waals surface area contributed by atoms with Gasteiger partial charge in [-0.2, -0.15) is 0 Å². The van der Waals surface area contributed by atoms with E-state index >= 15 is 0 Å². The Bertz CT molecular complexity index is 202. The molecule has 1 radical (unpaired) electrons. The Morgan fingerprint density at radius 1 is 1.22 bits per heavy atom. The van der Waals surface area contributed by atoms with E-state index in [9.17, 15) is 0 Å². The molecule has 0 unspecified atom stereocenters. The van der Waals surface area contributed by atoms with Crippen LogP contribution in [0.25, 0.3) is 0 Å². The summed E-state index contributed by atoms with van der Waals surface area (Å²) in [5.74, 6) is 0. The van der Waals surface area contributed by atoms with E-state index in [1.165, 1.54) is 0 Å². The first-order valence-corrected chi connectivity index (χ1v) is 3.08. The molecule has 1 aromatic carbocycles. The summed E-state index contributed by atoms with van der Waals surface area (Å²) in [5.41, 5.74) is 5.81. The number of anilines is 1. The standard InChI is InChI=1S/C6H4Cl2N/c7-4-2-1-3-5(8)6(4)9/h2-3H,9H2. The summed E-state index contributed by atoms with van der Waals surface area (Å²) in [7, 11) is 0. The van der Waals surface area contributed by atoms with Crippen molar-refractivity contribution in [3.63, 3.8) is 0 Å². The van der Waals surface area contributed by atoms with Crippen LogP contribution in [0.4, 0.5) is 5.69 Å². The van der Waals surface area contributed by atoms with Gasteiger partial charge in [-0.15, -0.1) is 0 Å². The van der Waals surface area contributed by atoms with Gasteiger partial charge in [0.05, 0.1) is 15.7 Å². The molecular weight excluding hydrogens is 157 g/mol. The Balaban J connectivity index is 3.25. The molecule has 2 N–H and O–H groups in total. The molecule has 0 aromatic heterocycles. The van der Waals surface area contributed by atoms with E-state index in [1.54, 1.807) is 12.1 Å². The Morgan fingerprint density at radius 3 is 2.00 bits per heavy atom. The second-order valence-electron chi connectivity index (χ2n) is 1.56. The molecule has 0 amide bonds. The molecule has 1 rings (SSSR count). The van der Waals surface area contributed by atoms with Crippen molar-refractivity contribution in [3.8, 4) is 0 Å². The van der Waals surface area contributed by atoms with Crippen LogP contribution >= 0.6 is 23.2 Å². The predicted molar refractivity (Wildman–Crippen MR) is 39.7 cm³/mol. The molecule has 0 aliphatic heterocycles. The summed E-state index contributed by atoms with van der Waals surface area (Å²) in [6, 6.07) is 5.87. The number of hydrogen-bond donors (Lipinski definition) is 1. The molecular formula is C6H4Cl2N. The number of nitrogen functional groups attached to an aromatic ring is 1. The summed E-state index contributed by atoms with van der Waals surface area (Å²) in [6.07, 6.45) is 0. The van der Waals surface area contributed by atoms with Crippen molar-refractivity contribution in [2.45, 2.75) is 0 Å². The average molecular weight is 161 g/mol. The summed E-state index contributed by atoms with van der Waals surface area (Å²) in [5, 5.41) is 0.894. The van der Waals surface area contributed by atoms with Gasteiger partial charge in [0.25, 0.3) is 0 Å². The molecule has 0 fully saturated rings. The molecule has 0 aliphatic carbocycles. The summed E-state index contributed by atoms with van der Waals surface area (Å²) >= 11 is 11.1. The van der Waals surface area contributed by atoms with Gasteiger partial charge in [0.1, 0.15) is 0 Å².